The average molecular weight is 248 g/mol. The maximum absolute atomic E-state index is 4.60. The van der Waals surface area contributed by atoms with Crippen molar-refractivity contribution in [1.82, 2.24) is 9.97 Å². The third kappa shape index (κ3) is 2.57. The van der Waals surface area contributed by atoms with Gasteiger partial charge in [0.1, 0.15) is 17.5 Å². The van der Waals surface area contributed by atoms with Gasteiger partial charge in [-0.1, -0.05) is 13.8 Å². The van der Waals surface area contributed by atoms with Gasteiger partial charge in [0.2, 0.25) is 0 Å². The number of hydrogen-bond donors (Lipinski definition) is 1. The first kappa shape index (κ1) is 13.1. The molecule has 2 heterocycles. The molecule has 1 N–H and O–H groups in total. The lowest BCUT2D eigenvalue weighted by atomic mass is 9.86. The van der Waals surface area contributed by atoms with Gasteiger partial charge in [0, 0.05) is 25.7 Å². The van der Waals surface area contributed by atoms with Gasteiger partial charge in [0.25, 0.3) is 0 Å². The Bertz CT molecular complexity index is 418. The fourth-order valence-electron chi connectivity index (χ4n) is 2.84. The van der Waals surface area contributed by atoms with Crippen LogP contribution in [0.15, 0.2) is 6.07 Å². The Morgan fingerprint density at radius 3 is 2.67 bits per heavy atom. The molecule has 1 aliphatic heterocycles. The van der Waals surface area contributed by atoms with Gasteiger partial charge >= 0.3 is 0 Å². The summed E-state index contributed by atoms with van der Waals surface area (Å²) in [5, 5.41) is 3.11. The van der Waals surface area contributed by atoms with Crippen molar-refractivity contribution >= 4 is 11.6 Å². The highest BCUT2D eigenvalue weighted by Crippen LogP contribution is 2.30. The SMILES string of the molecule is CNc1cc(N2CC(C)CC(C)C2C)nc(C)n1. The molecule has 1 aromatic heterocycles. The lowest BCUT2D eigenvalue weighted by molar-refractivity contribution is 0.295. The second-order valence-electron chi connectivity index (χ2n) is 5.62. The second-order valence-corrected chi connectivity index (χ2v) is 5.62. The van der Waals surface area contributed by atoms with E-state index in [4.69, 9.17) is 0 Å². The Kier molecular flexibility index (Phi) is 3.73. The van der Waals surface area contributed by atoms with Gasteiger partial charge < -0.3 is 10.2 Å². The molecule has 1 saturated heterocycles. The van der Waals surface area contributed by atoms with Crippen LogP contribution in [0.5, 0.6) is 0 Å². The Morgan fingerprint density at radius 2 is 2.00 bits per heavy atom. The summed E-state index contributed by atoms with van der Waals surface area (Å²) in [4.78, 5) is 11.4. The molecule has 0 radical (unpaired) electrons. The predicted molar refractivity (Wildman–Crippen MR) is 76.1 cm³/mol. The van der Waals surface area contributed by atoms with Crippen molar-refractivity contribution in [2.24, 2.45) is 11.8 Å². The molecule has 0 spiro atoms. The maximum atomic E-state index is 4.60. The Hall–Kier alpha value is -1.32. The minimum atomic E-state index is 0.542. The van der Waals surface area contributed by atoms with Gasteiger partial charge in [-0.3, -0.25) is 0 Å². The van der Waals surface area contributed by atoms with Crippen LogP contribution in [0.4, 0.5) is 11.6 Å². The molecule has 4 heteroatoms. The van der Waals surface area contributed by atoms with Crippen LogP contribution >= 0.6 is 0 Å². The molecule has 4 nitrogen and oxygen atoms in total. The summed E-state index contributed by atoms with van der Waals surface area (Å²) in [6.07, 6.45) is 1.31. The average Bonchev–Trinajstić information content (AvgIpc) is 2.32. The normalized spacial score (nSPS) is 28.3. The summed E-state index contributed by atoms with van der Waals surface area (Å²) in [7, 11) is 1.90. The molecule has 18 heavy (non-hydrogen) atoms. The number of rotatable bonds is 2. The lowest BCUT2D eigenvalue weighted by Gasteiger charge is -2.42. The summed E-state index contributed by atoms with van der Waals surface area (Å²) in [6, 6.07) is 2.59. The van der Waals surface area contributed by atoms with Gasteiger partial charge in [-0.25, -0.2) is 9.97 Å². The van der Waals surface area contributed by atoms with E-state index in [9.17, 15) is 0 Å². The van der Waals surface area contributed by atoms with Crippen LogP contribution in [-0.2, 0) is 0 Å². The van der Waals surface area contributed by atoms with Crippen molar-refractivity contribution in [3.63, 3.8) is 0 Å². The van der Waals surface area contributed by atoms with Crippen molar-refractivity contribution in [3.05, 3.63) is 11.9 Å². The van der Waals surface area contributed by atoms with Crippen molar-refractivity contribution in [2.45, 2.75) is 40.2 Å². The standard InChI is InChI=1S/C14H24N4/c1-9-6-10(2)11(3)18(8-9)14-7-13(15-5)16-12(4)17-14/h7,9-11H,6,8H2,1-5H3,(H,15,16,17). The predicted octanol–water partition coefficient (Wildman–Crippen LogP) is 2.70. The van der Waals surface area contributed by atoms with Crippen molar-refractivity contribution < 1.29 is 0 Å². The molecule has 0 aromatic carbocycles. The van der Waals surface area contributed by atoms with Crippen molar-refractivity contribution in [3.8, 4) is 0 Å². The largest absolute Gasteiger partial charge is 0.373 e. The summed E-state index contributed by atoms with van der Waals surface area (Å²) in [6.45, 7) is 9.99. The van der Waals surface area contributed by atoms with Crippen LogP contribution in [0.3, 0.4) is 0 Å². The van der Waals surface area contributed by atoms with Crippen LogP contribution in [0.25, 0.3) is 0 Å². The summed E-state index contributed by atoms with van der Waals surface area (Å²) in [5.74, 6) is 4.22. The number of anilines is 2. The fraction of sp³-hybridized carbons (Fsp3) is 0.714. The van der Waals surface area contributed by atoms with Gasteiger partial charge in [-0.05, 0) is 32.1 Å². The van der Waals surface area contributed by atoms with Gasteiger partial charge in [0.05, 0.1) is 0 Å². The number of hydrogen-bond acceptors (Lipinski definition) is 4. The van der Waals surface area contributed by atoms with Crippen LogP contribution in [0.1, 0.15) is 33.0 Å². The molecule has 100 valence electrons. The molecule has 0 bridgehead atoms. The zero-order valence-electron chi connectivity index (χ0n) is 12.1. The Balaban J connectivity index is 2.31. The Morgan fingerprint density at radius 1 is 1.28 bits per heavy atom. The van der Waals surface area contributed by atoms with Crippen LogP contribution in [-0.4, -0.2) is 29.6 Å². The zero-order chi connectivity index (χ0) is 13.3. The number of aromatic nitrogens is 2. The van der Waals surface area contributed by atoms with E-state index in [2.05, 4.69) is 41.0 Å². The number of nitrogens with zero attached hydrogens (tertiary/aromatic N) is 3. The lowest BCUT2D eigenvalue weighted by Crippen LogP contribution is -2.46. The van der Waals surface area contributed by atoms with Gasteiger partial charge in [-0.15, -0.1) is 0 Å². The molecule has 2 rings (SSSR count). The summed E-state index contributed by atoms with van der Waals surface area (Å²) < 4.78 is 0. The highest BCUT2D eigenvalue weighted by Gasteiger charge is 2.29. The zero-order valence-corrected chi connectivity index (χ0v) is 12.1. The van der Waals surface area contributed by atoms with E-state index in [0.717, 1.165) is 29.9 Å². The maximum Gasteiger partial charge on any atom is 0.134 e. The molecular formula is C14H24N4. The second kappa shape index (κ2) is 5.12. The number of nitrogens with one attached hydrogen (secondary N) is 1. The first-order valence-corrected chi connectivity index (χ1v) is 6.81. The highest BCUT2D eigenvalue weighted by atomic mass is 15.2. The van der Waals surface area contributed by atoms with E-state index in [1.54, 1.807) is 0 Å². The number of aryl methyl sites for hydroxylation is 1. The smallest absolute Gasteiger partial charge is 0.134 e. The monoisotopic (exact) mass is 248 g/mol. The molecule has 0 aliphatic carbocycles. The first-order valence-electron chi connectivity index (χ1n) is 6.81. The molecular weight excluding hydrogens is 224 g/mol. The fourth-order valence-corrected chi connectivity index (χ4v) is 2.84. The van der Waals surface area contributed by atoms with Crippen LogP contribution < -0.4 is 10.2 Å². The van der Waals surface area contributed by atoms with Crippen LogP contribution in [0.2, 0.25) is 0 Å². The van der Waals surface area contributed by atoms with Crippen LogP contribution in [0, 0.1) is 18.8 Å². The van der Waals surface area contributed by atoms with E-state index < -0.39 is 0 Å². The summed E-state index contributed by atoms with van der Waals surface area (Å²) >= 11 is 0. The molecule has 0 amide bonds. The number of piperidine rings is 1. The van der Waals surface area contributed by atoms with E-state index in [1.165, 1.54) is 6.42 Å². The van der Waals surface area contributed by atoms with E-state index in [-0.39, 0.29) is 0 Å². The quantitative estimate of drug-likeness (QED) is 0.873. The van der Waals surface area contributed by atoms with Gasteiger partial charge in [0.15, 0.2) is 0 Å². The summed E-state index contributed by atoms with van der Waals surface area (Å²) in [5.41, 5.74) is 0. The molecule has 3 unspecified atom stereocenters. The molecule has 1 aromatic rings. The minimum Gasteiger partial charge on any atom is -0.373 e. The molecule has 0 saturated carbocycles. The topological polar surface area (TPSA) is 41.0 Å². The van der Waals surface area contributed by atoms with E-state index >= 15 is 0 Å². The van der Waals surface area contributed by atoms with Gasteiger partial charge in [-0.2, -0.15) is 0 Å². The van der Waals surface area contributed by atoms with E-state index in [1.807, 2.05) is 20.0 Å². The van der Waals surface area contributed by atoms with Crippen molar-refractivity contribution in [1.29, 1.82) is 0 Å². The Labute approximate surface area is 110 Å². The third-order valence-corrected chi connectivity index (χ3v) is 3.97. The molecule has 1 aliphatic rings. The highest BCUT2D eigenvalue weighted by molar-refractivity contribution is 5.50. The molecule has 3 atom stereocenters. The molecule has 1 fully saturated rings. The first-order chi connectivity index (χ1) is 8.51. The third-order valence-electron chi connectivity index (χ3n) is 3.97. The van der Waals surface area contributed by atoms with Crippen molar-refractivity contribution in [2.75, 3.05) is 23.8 Å². The van der Waals surface area contributed by atoms with E-state index in [0.29, 0.717) is 12.0 Å². The minimum absolute atomic E-state index is 0.542.